The van der Waals surface area contributed by atoms with E-state index in [0.29, 0.717) is 0 Å². The third-order valence-electron chi connectivity index (χ3n) is 7.15. The maximum Gasteiger partial charge on any atom is 0.328 e. The molecule has 0 aromatic carbocycles. The number of rotatable bonds is 16. The van der Waals surface area contributed by atoms with Crippen LogP contribution in [-0.2, 0) is 19.2 Å². The van der Waals surface area contributed by atoms with Crippen LogP contribution in [-0.4, -0.2) is 190 Å². The van der Waals surface area contributed by atoms with Crippen LogP contribution < -0.4 is 20.4 Å². The van der Waals surface area contributed by atoms with Crippen LogP contribution in [0.4, 0.5) is 0 Å². The van der Waals surface area contributed by atoms with Gasteiger partial charge in [0.1, 0.15) is 24.2 Å². The molecule has 1 rings (SSSR count). The largest absolute Gasteiger partial charge is 0.861 e. The lowest BCUT2D eigenvalue weighted by molar-refractivity contribution is -0.222. The Hall–Kier alpha value is -4.40. The first-order chi connectivity index (χ1) is 22.4. The number of aliphatic carboxylic acids is 4. The number of nitrogens with zero attached hydrogens (tertiary/aromatic N) is 8. The second-order valence-electron chi connectivity index (χ2n) is 11.3. The standard InChI is InChI=1S/C28H48N8O12/c1-17(25(41)42)29-21(37)13-33-5-7-34(14-22(38)30-18(2)26(43)44)9-11-36(16-24(40)32-20(4)28(47)48)12-10-35(8-6-33)15-23(39)31-19(3)27(45)46/h17-20H,5-16H2,1-4H3,(H,29,37)(H,30,38)(H,31,39)(H,32,40)(H,41,42)(H,43,44)(H,45,46)(H,47,48)/p-4/t17-,18-,19-,20-/m0/s1. The summed E-state index contributed by atoms with van der Waals surface area (Å²) in [6, 6.07) is -5.16. The summed E-state index contributed by atoms with van der Waals surface area (Å²) < 4.78 is 0. The molecule has 1 heterocycles. The molecule has 20 nitrogen and oxygen atoms in total. The lowest BCUT2D eigenvalue weighted by Crippen LogP contribution is -2.51. The van der Waals surface area contributed by atoms with Crippen molar-refractivity contribution in [3.8, 4) is 0 Å². The number of aliphatic imine (C=N–C) groups is 4. The van der Waals surface area contributed by atoms with Crippen molar-refractivity contribution in [3.05, 3.63) is 0 Å². The van der Waals surface area contributed by atoms with E-state index in [2.05, 4.69) is 20.0 Å². The third-order valence-corrected chi connectivity index (χ3v) is 7.15. The van der Waals surface area contributed by atoms with Gasteiger partial charge < -0.3 is 40.9 Å². The number of hydrogen-bond donors (Lipinski definition) is 4. The second-order valence-corrected chi connectivity index (χ2v) is 11.3. The number of carboxylic acids is 4. The Bertz CT molecular complexity index is 1030. The van der Waals surface area contributed by atoms with Crippen molar-refractivity contribution in [2.45, 2.75) is 51.9 Å². The molecule has 1 aliphatic rings. The first kappa shape index (κ1) is 41.6. The van der Waals surface area contributed by atoms with Gasteiger partial charge in [0, 0.05) is 78.5 Å². The van der Waals surface area contributed by atoms with E-state index in [-0.39, 0.29) is 78.5 Å². The minimum atomic E-state index is -1.29. The number of hydrogen-bond acceptors (Lipinski definition) is 16. The highest BCUT2D eigenvalue weighted by Gasteiger charge is 2.19. The second kappa shape index (κ2) is 20.8. The van der Waals surface area contributed by atoms with Crippen molar-refractivity contribution in [2.75, 3.05) is 78.5 Å². The van der Waals surface area contributed by atoms with E-state index in [1.807, 2.05) is 0 Å². The Morgan fingerprint density at radius 2 is 0.583 bits per heavy atom. The van der Waals surface area contributed by atoms with Gasteiger partial charge in [-0.25, -0.2) is 19.2 Å². The zero-order chi connectivity index (χ0) is 36.6. The highest BCUT2D eigenvalue weighted by molar-refractivity contribution is 5.82. The van der Waals surface area contributed by atoms with E-state index in [9.17, 15) is 39.6 Å². The number of carbonyl (C=O) groups is 4. The van der Waals surface area contributed by atoms with E-state index in [1.54, 1.807) is 19.6 Å². The Balaban J connectivity index is 3.42. The Kier molecular flexibility index (Phi) is 18.0. The highest BCUT2D eigenvalue weighted by Crippen LogP contribution is 2.04. The van der Waals surface area contributed by atoms with Gasteiger partial charge in [0.2, 0.25) is 0 Å². The summed E-state index contributed by atoms with van der Waals surface area (Å²) in [6.07, 6.45) is 0. The fourth-order valence-electron chi connectivity index (χ4n) is 4.22. The minimum Gasteiger partial charge on any atom is -0.861 e. The molecule has 4 N–H and O–H groups in total. The normalized spacial score (nSPS) is 20.6. The fraction of sp³-hybridized carbons (Fsp3) is 0.714. The van der Waals surface area contributed by atoms with Crippen molar-refractivity contribution in [1.29, 1.82) is 0 Å². The topological polar surface area (TPSA) is 304 Å². The molecule has 0 unspecified atom stereocenters. The smallest absolute Gasteiger partial charge is 0.328 e. The average Bonchev–Trinajstić information content (AvgIpc) is 2.97. The van der Waals surface area contributed by atoms with Crippen molar-refractivity contribution >= 4 is 47.5 Å². The molecule has 0 aromatic rings. The molecule has 1 fully saturated rings. The molecule has 1 saturated heterocycles. The van der Waals surface area contributed by atoms with E-state index in [0.717, 1.165) is 0 Å². The molecule has 0 amide bonds. The molecule has 20 heteroatoms. The molecular weight excluding hydrogens is 640 g/mol. The molecule has 48 heavy (non-hydrogen) atoms. The molecule has 4 atom stereocenters. The first-order valence-corrected chi connectivity index (χ1v) is 15.1. The van der Waals surface area contributed by atoms with Crippen molar-refractivity contribution < 1.29 is 60.0 Å². The van der Waals surface area contributed by atoms with Gasteiger partial charge >= 0.3 is 23.9 Å². The Labute approximate surface area is 277 Å². The van der Waals surface area contributed by atoms with E-state index < -0.39 is 71.6 Å². The molecule has 0 saturated carbocycles. The summed E-state index contributed by atoms with van der Waals surface area (Å²) in [5.41, 5.74) is 0. The van der Waals surface area contributed by atoms with E-state index in [1.165, 1.54) is 27.7 Å². The molecule has 0 radical (unpaired) electrons. The summed E-state index contributed by atoms with van der Waals surface area (Å²) in [7, 11) is 0. The van der Waals surface area contributed by atoms with Crippen LogP contribution >= 0.6 is 0 Å². The molecule has 1 aliphatic heterocycles. The summed E-state index contributed by atoms with van der Waals surface area (Å²) in [5.74, 6) is -8.05. The lowest BCUT2D eigenvalue weighted by atomic mass is 10.3. The minimum absolute atomic E-state index is 0.136. The number of carboxylic acid groups (broad SMARTS) is 4. The Morgan fingerprint density at radius 1 is 0.438 bits per heavy atom. The first-order valence-electron chi connectivity index (χ1n) is 15.1. The van der Waals surface area contributed by atoms with Crippen LogP contribution in [0.15, 0.2) is 20.0 Å². The monoisotopic (exact) mass is 684 g/mol. The fourth-order valence-corrected chi connectivity index (χ4v) is 4.22. The van der Waals surface area contributed by atoms with Crippen LogP contribution in [0.1, 0.15) is 27.7 Å². The quantitative estimate of drug-likeness (QED) is 0.0869. The van der Waals surface area contributed by atoms with Gasteiger partial charge in [0.25, 0.3) is 0 Å². The van der Waals surface area contributed by atoms with Crippen LogP contribution in [0.25, 0.3) is 0 Å². The average molecular weight is 685 g/mol. The van der Waals surface area contributed by atoms with Crippen molar-refractivity contribution in [2.24, 2.45) is 20.0 Å². The van der Waals surface area contributed by atoms with Crippen LogP contribution in [0.3, 0.4) is 0 Å². The Morgan fingerprint density at radius 3 is 0.708 bits per heavy atom. The van der Waals surface area contributed by atoms with E-state index in [4.69, 9.17) is 20.4 Å². The SMILES string of the molecule is C[C@H](N=C([O-])CN1CCN(CC([O-])=N[C@@H](C)C(=O)O)CCN(CC([O-])=N[C@@H](C)C(=O)O)CCN(CC([O-])=N[C@@H](C)C(=O)O)CC1)C(=O)O. The van der Waals surface area contributed by atoms with Crippen molar-refractivity contribution in [3.63, 3.8) is 0 Å². The van der Waals surface area contributed by atoms with Crippen molar-refractivity contribution in [1.82, 2.24) is 19.6 Å². The molecule has 0 aromatic heterocycles. The van der Waals surface area contributed by atoms with E-state index >= 15 is 0 Å². The summed E-state index contributed by atoms with van der Waals surface area (Å²) in [5, 5.41) is 87.0. The van der Waals surface area contributed by atoms with Gasteiger partial charge in [-0.05, 0) is 51.3 Å². The maximum atomic E-state index is 12.6. The van der Waals surface area contributed by atoms with Gasteiger partial charge in [-0.3, -0.25) is 39.6 Å². The van der Waals surface area contributed by atoms with Gasteiger partial charge in [-0.15, -0.1) is 0 Å². The van der Waals surface area contributed by atoms with Crippen LogP contribution in [0.2, 0.25) is 0 Å². The predicted molar refractivity (Wildman–Crippen MR) is 164 cm³/mol. The summed E-state index contributed by atoms with van der Waals surface area (Å²) in [4.78, 5) is 66.0. The zero-order valence-electron chi connectivity index (χ0n) is 27.4. The molecule has 0 spiro atoms. The molecule has 0 bridgehead atoms. The van der Waals surface area contributed by atoms with Gasteiger partial charge in [-0.2, -0.15) is 0 Å². The highest BCUT2D eigenvalue weighted by atomic mass is 16.4. The van der Waals surface area contributed by atoms with Gasteiger partial charge in [0.05, 0.1) is 0 Å². The molecular formula is C28H44N8O12-4. The maximum absolute atomic E-state index is 12.6. The van der Waals surface area contributed by atoms with Crippen LogP contribution in [0, 0.1) is 0 Å². The molecule has 0 aliphatic carbocycles. The third kappa shape index (κ3) is 17.0. The van der Waals surface area contributed by atoms with Gasteiger partial charge in [-0.1, -0.05) is 0 Å². The zero-order valence-corrected chi connectivity index (χ0v) is 27.4. The summed E-state index contributed by atoms with van der Waals surface area (Å²) in [6.45, 7) is 4.86. The predicted octanol–water partition coefficient (Wildman–Crippen LogP) is -5.86. The van der Waals surface area contributed by atoms with Gasteiger partial charge in [0.15, 0.2) is 0 Å². The summed E-state index contributed by atoms with van der Waals surface area (Å²) >= 11 is 0. The van der Waals surface area contributed by atoms with Crippen LogP contribution in [0.5, 0.6) is 0 Å². The lowest BCUT2D eigenvalue weighted by Gasteiger charge is -2.36. The molecule has 272 valence electrons.